The summed E-state index contributed by atoms with van der Waals surface area (Å²) >= 11 is 0. The Balaban J connectivity index is 2.47. The molecule has 1 rings (SSSR count). The van der Waals surface area contributed by atoms with Gasteiger partial charge in [-0.3, -0.25) is 0 Å². The average Bonchev–Trinajstić information content (AvgIpc) is 2.69. The van der Waals surface area contributed by atoms with Crippen LogP contribution in [-0.2, 0) is 11.2 Å². The number of aromatic nitrogens is 2. The lowest BCUT2D eigenvalue weighted by Gasteiger charge is -2.07. The van der Waals surface area contributed by atoms with Crippen LogP contribution >= 0.6 is 0 Å². The van der Waals surface area contributed by atoms with Crippen LogP contribution in [0.2, 0.25) is 0 Å². The molecule has 5 nitrogen and oxygen atoms in total. The smallest absolute Gasteiger partial charge is 0.233 e. The zero-order valence-electron chi connectivity index (χ0n) is 9.62. The van der Waals surface area contributed by atoms with Gasteiger partial charge in [-0.2, -0.15) is 0 Å². The Morgan fingerprint density at radius 2 is 2.20 bits per heavy atom. The van der Waals surface area contributed by atoms with E-state index in [1.165, 1.54) is 0 Å². The van der Waals surface area contributed by atoms with E-state index in [4.69, 9.17) is 9.15 Å². The summed E-state index contributed by atoms with van der Waals surface area (Å²) in [7, 11) is 1.89. The molecule has 1 N–H and O–H groups in total. The van der Waals surface area contributed by atoms with Gasteiger partial charge in [0.25, 0.3) is 0 Å². The minimum absolute atomic E-state index is 0.151. The van der Waals surface area contributed by atoms with E-state index in [0.717, 1.165) is 13.0 Å². The molecule has 0 aliphatic carbocycles. The maximum Gasteiger partial charge on any atom is 0.233 e. The van der Waals surface area contributed by atoms with Gasteiger partial charge in [0, 0.05) is 13.0 Å². The van der Waals surface area contributed by atoms with Crippen LogP contribution in [-0.4, -0.2) is 30.5 Å². The predicted molar refractivity (Wildman–Crippen MR) is 56.6 cm³/mol. The van der Waals surface area contributed by atoms with Crippen LogP contribution in [0.15, 0.2) is 4.42 Å². The largest absolute Gasteiger partial charge is 0.423 e. The summed E-state index contributed by atoms with van der Waals surface area (Å²) in [5.74, 6) is 1.30. The minimum Gasteiger partial charge on any atom is -0.423 e. The summed E-state index contributed by atoms with van der Waals surface area (Å²) in [6, 6.07) is 0.151. The van der Waals surface area contributed by atoms with Crippen LogP contribution in [0.25, 0.3) is 0 Å². The van der Waals surface area contributed by atoms with Crippen LogP contribution in [0, 0.1) is 0 Å². The summed E-state index contributed by atoms with van der Waals surface area (Å²) in [5.41, 5.74) is 0. The van der Waals surface area contributed by atoms with E-state index in [2.05, 4.69) is 22.4 Å². The summed E-state index contributed by atoms with van der Waals surface area (Å²) < 4.78 is 10.7. The van der Waals surface area contributed by atoms with Crippen molar-refractivity contribution in [1.82, 2.24) is 15.5 Å². The van der Waals surface area contributed by atoms with E-state index in [1.54, 1.807) is 0 Å². The van der Waals surface area contributed by atoms with Gasteiger partial charge in [-0.1, -0.05) is 6.92 Å². The van der Waals surface area contributed by atoms with Crippen LogP contribution in [0.1, 0.15) is 38.1 Å². The Morgan fingerprint density at radius 1 is 1.40 bits per heavy atom. The van der Waals surface area contributed by atoms with Gasteiger partial charge in [0.15, 0.2) is 0 Å². The third-order valence-electron chi connectivity index (χ3n) is 2.20. The van der Waals surface area contributed by atoms with Gasteiger partial charge in [-0.05, 0) is 20.4 Å². The summed E-state index contributed by atoms with van der Waals surface area (Å²) in [5, 5.41) is 11.1. The van der Waals surface area contributed by atoms with Crippen LogP contribution in [0.4, 0.5) is 0 Å². The minimum atomic E-state index is 0.151. The molecule has 0 saturated carbocycles. The summed E-state index contributed by atoms with van der Waals surface area (Å²) in [6.07, 6.45) is 1.62. The number of hydrogen-bond acceptors (Lipinski definition) is 5. The Bertz CT molecular complexity index is 271. The summed E-state index contributed by atoms with van der Waals surface area (Å²) in [6.45, 7) is 5.39. The molecule has 1 heterocycles. The van der Waals surface area contributed by atoms with E-state index in [1.807, 2.05) is 14.0 Å². The number of nitrogens with one attached hydrogen (secondary N) is 1. The molecule has 0 aliphatic heterocycles. The van der Waals surface area contributed by atoms with Crippen molar-refractivity contribution >= 4 is 0 Å². The number of nitrogens with zero attached hydrogens (tertiary/aromatic N) is 2. The van der Waals surface area contributed by atoms with Crippen molar-refractivity contribution in [3.8, 4) is 0 Å². The monoisotopic (exact) mass is 213 g/mol. The predicted octanol–water partition coefficient (Wildman–Crippen LogP) is 1.32. The van der Waals surface area contributed by atoms with E-state index in [-0.39, 0.29) is 6.04 Å². The molecule has 1 atom stereocenters. The molecule has 0 aromatic carbocycles. The summed E-state index contributed by atoms with van der Waals surface area (Å²) in [4.78, 5) is 0. The third kappa shape index (κ3) is 3.60. The topological polar surface area (TPSA) is 60.2 Å². The molecule has 0 saturated heterocycles. The fourth-order valence-corrected chi connectivity index (χ4v) is 1.31. The molecule has 15 heavy (non-hydrogen) atoms. The lowest BCUT2D eigenvalue weighted by atomic mass is 10.2. The van der Waals surface area contributed by atoms with Crippen molar-refractivity contribution in [2.75, 3.05) is 20.3 Å². The Labute approximate surface area is 90.2 Å². The number of hydrogen-bond donors (Lipinski definition) is 1. The molecule has 1 aromatic rings. The van der Waals surface area contributed by atoms with Crippen molar-refractivity contribution in [2.24, 2.45) is 0 Å². The molecule has 0 spiro atoms. The van der Waals surface area contributed by atoms with E-state index in [0.29, 0.717) is 24.8 Å². The van der Waals surface area contributed by atoms with Gasteiger partial charge in [-0.15, -0.1) is 10.2 Å². The molecular weight excluding hydrogens is 194 g/mol. The second kappa shape index (κ2) is 6.53. The van der Waals surface area contributed by atoms with E-state index in [9.17, 15) is 0 Å². The molecule has 0 amide bonds. The molecule has 0 radical (unpaired) electrons. The molecule has 0 fully saturated rings. The zero-order chi connectivity index (χ0) is 11.1. The van der Waals surface area contributed by atoms with Crippen molar-refractivity contribution in [1.29, 1.82) is 0 Å². The number of rotatable bonds is 7. The lowest BCUT2D eigenvalue weighted by Crippen LogP contribution is -2.15. The maximum atomic E-state index is 5.51. The molecule has 0 bridgehead atoms. The van der Waals surface area contributed by atoms with Gasteiger partial charge in [-0.25, -0.2) is 0 Å². The van der Waals surface area contributed by atoms with Gasteiger partial charge in [0.05, 0.1) is 12.6 Å². The Morgan fingerprint density at radius 3 is 2.80 bits per heavy atom. The van der Waals surface area contributed by atoms with Gasteiger partial charge < -0.3 is 14.5 Å². The first-order valence-corrected chi connectivity index (χ1v) is 5.39. The van der Waals surface area contributed by atoms with E-state index < -0.39 is 0 Å². The first kappa shape index (κ1) is 12.1. The second-order valence-corrected chi connectivity index (χ2v) is 3.23. The van der Waals surface area contributed by atoms with Crippen molar-refractivity contribution in [2.45, 2.75) is 32.7 Å². The Kier molecular flexibility index (Phi) is 5.28. The number of ether oxygens (including phenoxy) is 1. The fourth-order valence-electron chi connectivity index (χ4n) is 1.31. The maximum absolute atomic E-state index is 5.51. The van der Waals surface area contributed by atoms with E-state index >= 15 is 0 Å². The van der Waals surface area contributed by atoms with Gasteiger partial charge in [0.2, 0.25) is 11.8 Å². The highest BCUT2D eigenvalue weighted by Crippen LogP contribution is 2.14. The van der Waals surface area contributed by atoms with Gasteiger partial charge in [0.1, 0.15) is 0 Å². The third-order valence-corrected chi connectivity index (χ3v) is 2.20. The average molecular weight is 213 g/mol. The molecule has 0 aliphatic rings. The molecule has 1 unspecified atom stereocenters. The molecule has 86 valence electrons. The van der Waals surface area contributed by atoms with Crippen molar-refractivity contribution in [3.63, 3.8) is 0 Å². The molecular formula is C10H19N3O2. The highest BCUT2D eigenvalue weighted by molar-refractivity contribution is 4.89. The SMILES string of the molecule is CCOCCc1nnc(C(CC)NC)o1. The lowest BCUT2D eigenvalue weighted by molar-refractivity contribution is 0.145. The normalized spacial score (nSPS) is 13.0. The molecule has 1 aromatic heterocycles. The zero-order valence-corrected chi connectivity index (χ0v) is 9.62. The standard InChI is InChI=1S/C10H19N3O2/c1-4-8(11-3)10-13-12-9(15-10)6-7-14-5-2/h8,11H,4-7H2,1-3H3. The first-order chi connectivity index (χ1) is 7.31. The highest BCUT2D eigenvalue weighted by atomic mass is 16.5. The van der Waals surface area contributed by atoms with Crippen LogP contribution in [0.5, 0.6) is 0 Å². The van der Waals surface area contributed by atoms with Crippen molar-refractivity contribution in [3.05, 3.63) is 11.8 Å². The van der Waals surface area contributed by atoms with Crippen molar-refractivity contribution < 1.29 is 9.15 Å². The first-order valence-electron chi connectivity index (χ1n) is 5.39. The Hall–Kier alpha value is -0.940. The van der Waals surface area contributed by atoms with Crippen LogP contribution < -0.4 is 5.32 Å². The quantitative estimate of drug-likeness (QED) is 0.692. The molecule has 5 heteroatoms. The highest BCUT2D eigenvalue weighted by Gasteiger charge is 2.14. The van der Waals surface area contributed by atoms with Gasteiger partial charge >= 0.3 is 0 Å². The fraction of sp³-hybridized carbons (Fsp3) is 0.800. The van der Waals surface area contributed by atoms with Crippen LogP contribution in [0.3, 0.4) is 0 Å². The second-order valence-electron chi connectivity index (χ2n) is 3.23.